The molecular weight excluding hydrogens is 561 g/mol. The van der Waals surface area contributed by atoms with Gasteiger partial charge in [0.25, 0.3) is 5.88 Å². The molecule has 0 saturated carbocycles. The fraction of sp³-hybridized carbons (Fsp3) is 0.531. The molecule has 5 rings (SSSR count). The van der Waals surface area contributed by atoms with Crippen LogP contribution in [0, 0.1) is 0 Å². The summed E-state index contributed by atoms with van der Waals surface area (Å²) in [5.74, 6) is 1.14. The molecule has 226 valence electrons. The van der Waals surface area contributed by atoms with Crippen molar-refractivity contribution < 1.29 is 18.3 Å². The first kappa shape index (κ1) is 30.8. The maximum Gasteiger partial charge on any atom is 0.250 e. The quantitative estimate of drug-likeness (QED) is 0.186. The minimum Gasteiger partial charge on any atom is -0.436 e. The second kappa shape index (κ2) is 11.1. The number of ether oxygens (including phenoxy) is 2. The molecule has 0 N–H and O–H groups in total. The third-order valence-electron chi connectivity index (χ3n) is 9.44. The predicted molar refractivity (Wildman–Crippen MR) is 173 cm³/mol. The molecule has 10 heteroatoms. The molecule has 1 fully saturated rings. The SMILES string of the molecule is CC(C)(C)[Si](C)(C)OC[C@H]1O[C@@H](n2cnc3c(Oc4cccc5ccccc45)ncnc32)C[C@@H]1O[Si](C)(C)C(C)(C)C. The van der Waals surface area contributed by atoms with Gasteiger partial charge in [-0.3, -0.25) is 4.57 Å². The van der Waals surface area contributed by atoms with Crippen LogP contribution in [0.25, 0.3) is 21.9 Å². The van der Waals surface area contributed by atoms with Crippen LogP contribution in [0.4, 0.5) is 0 Å². The first-order chi connectivity index (χ1) is 19.6. The first-order valence-corrected chi connectivity index (χ1v) is 20.7. The molecule has 0 spiro atoms. The van der Waals surface area contributed by atoms with E-state index in [9.17, 15) is 0 Å². The highest BCUT2D eigenvalue weighted by molar-refractivity contribution is 6.74. The first-order valence-electron chi connectivity index (χ1n) is 14.9. The zero-order valence-corrected chi connectivity index (χ0v) is 28.8. The largest absolute Gasteiger partial charge is 0.436 e. The molecule has 42 heavy (non-hydrogen) atoms. The lowest BCUT2D eigenvalue weighted by Gasteiger charge is -2.40. The lowest BCUT2D eigenvalue weighted by Crippen LogP contribution is -2.48. The standard InChI is InChI=1S/C32H46N4O4Si2/c1-31(2,3)41(7,8)37-19-26-25(40-42(9,10)32(4,5)6)18-27(38-26)36-21-35-28-29(36)33-20-34-30(28)39-24-17-13-15-22-14-11-12-16-23(22)24/h11-17,20-21,25-27H,18-19H2,1-10H3/t25-,26+,27+/m0/s1. The summed E-state index contributed by atoms with van der Waals surface area (Å²) in [7, 11) is -4.03. The second-order valence-electron chi connectivity index (χ2n) is 14.4. The molecule has 0 bridgehead atoms. The van der Waals surface area contributed by atoms with Gasteiger partial charge in [-0.05, 0) is 47.7 Å². The highest BCUT2D eigenvalue weighted by atomic mass is 28.4. The summed E-state index contributed by atoms with van der Waals surface area (Å²) >= 11 is 0. The minimum absolute atomic E-state index is 0.0820. The highest BCUT2D eigenvalue weighted by Gasteiger charge is 2.47. The summed E-state index contributed by atoms with van der Waals surface area (Å²) in [6.07, 6.45) is 3.42. The summed E-state index contributed by atoms with van der Waals surface area (Å²) in [5.41, 5.74) is 1.26. The van der Waals surface area contributed by atoms with Crippen LogP contribution in [0.15, 0.2) is 55.1 Å². The number of fused-ring (bicyclic) bond motifs is 2. The Bertz CT molecular complexity index is 1550. The number of nitrogens with zero attached hydrogens (tertiary/aromatic N) is 4. The molecule has 4 aromatic rings. The summed E-state index contributed by atoms with van der Waals surface area (Å²) in [4.78, 5) is 13.8. The van der Waals surface area contributed by atoms with Crippen molar-refractivity contribution in [3.63, 3.8) is 0 Å². The third-order valence-corrected chi connectivity index (χ3v) is 18.4. The fourth-order valence-corrected chi connectivity index (χ4v) is 7.08. The van der Waals surface area contributed by atoms with Crippen LogP contribution in [-0.2, 0) is 13.6 Å². The summed E-state index contributed by atoms with van der Waals surface area (Å²) in [5, 5.41) is 2.31. The normalized spacial score (nSPS) is 20.5. The van der Waals surface area contributed by atoms with Gasteiger partial charge >= 0.3 is 0 Å². The van der Waals surface area contributed by atoms with Crippen LogP contribution in [0.1, 0.15) is 54.2 Å². The average Bonchev–Trinajstić information content (AvgIpc) is 3.50. The van der Waals surface area contributed by atoms with Crippen molar-refractivity contribution in [1.82, 2.24) is 19.5 Å². The van der Waals surface area contributed by atoms with Gasteiger partial charge in [0.05, 0.1) is 19.0 Å². The van der Waals surface area contributed by atoms with Crippen LogP contribution in [0.2, 0.25) is 36.3 Å². The van der Waals surface area contributed by atoms with E-state index in [-0.39, 0.29) is 28.5 Å². The van der Waals surface area contributed by atoms with Crippen LogP contribution in [0.3, 0.4) is 0 Å². The number of imidazole rings is 1. The Morgan fingerprint density at radius 3 is 2.29 bits per heavy atom. The van der Waals surface area contributed by atoms with Crippen LogP contribution in [-0.4, -0.2) is 55.0 Å². The van der Waals surface area contributed by atoms with Crippen molar-refractivity contribution in [3.8, 4) is 11.6 Å². The van der Waals surface area contributed by atoms with Gasteiger partial charge in [-0.2, -0.15) is 4.98 Å². The van der Waals surface area contributed by atoms with Crippen LogP contribution in [0.5, 0.6) is 11.6 Å². The van der Waals surface area contributed by atoms with Gasteiger partial charge in [-0.25, -0.2) is 9.97 Å². The van der Waals surface area contributed by atoms with Crippen molar-refractivity contribution in [2.45, 2.75) is 103 Å². The van der Waals surface area contributed by atoms with E-state index in [2.05, 4.69) is 89.8 Å². The zero-order valence-electron chi connectivity index (χ0n) is 26.8. The number of rotatable bonds is 8. The molecule has 1 aliphatic heterocycles. The van der Waals surface area contributed by atoms with E-state index in [1.807, 2.05) is 34.9 Å². The van der Waals surface area contributed by atoms with E-state index in [0.29, 0.717) is 30.1 Å². The molecule has 8 nitrogen and oxygen atoms in total. The molecule has 0 radical (unpaired) electrons. The Hall–Kier alpha value is -2.64. The molecule has 1 saturated heterocycles. The zero-order chi connectivity index (χ0) is 30.5. The van der Waals surface area contributed by atoms with Gasteiger partial charge in [0, 0.05) is 11.8 Å². The van der Waals surface area contributed by atoms with Crippen molar-refractivity contribution in [2.24, 2.45) is 0 Å². The van der Waals surface area contributed by atoms with Crippen molar-refractivity contribution in [1.29, 1.82) is 0 Å². The van der Waals surface area contributed by atoms with Crippen molar-refractivity contribution >= 4 is 38.6 Å². The van der Waals surface area contributed by atoms with E-state index in [0.717, 1.165) is 16.5 Å². The van der Waals surface area contributed by atoms with Gasteiger partial charge in [0.1, 0.15) is 24.4 Å². The Labute approximate surface area is 252 Å². The van der Waals surface area contributed by atoms with Gasteiger partial charge in [-0.15, -0.1) is 0 Å². The number of hydrogen-bond donors (Lipinski definition) is 0. The minimum atomic E-state index is -2.06. The maximum absolute atomic E-state index is 6.97. The second-order valence-corrected chi connectivity index (χ2v) is 24.0. The van der Waals surface area contributed by atoms with E-state index in [1.54, 1.807) is 6.33 Å². The van der Waals surface area contributed by atoms with E-state index >= 15 is 0 Å². The van der Waals surface area contributed by atoms with E-state index in [4.69, 9.17) is 23.3 Å². The van der Waals surface area contributed by atoms with Gasteiger partial charge in [0.15, 0.2) is 27.8 Å². The molecule has 0 aliphatic carbocycles. The molecule has 3 atom stereocenters. The van der Waals surface area contributed by atoms with E-state index < -0.39 is 16.6 Å². The molecule has 0 amide bonds. The van der Waals surface area contributed by atoms with Gasteiger partial charge in [0.2, 0.25) is 0 Å². The van der Waals surface area contributed by atoms with Gasteiger partial charge in [-0.1, -0.05) is 77.9 Å². The molecule has 2 aromatic heterocycles. The summed E-state index contributed by atoms with van der Waals surface area (Å²) in [6.45, 7) is 23.2. The van der Waals surface area contributed by atoms with Gasteiger partial charge < -0.3 is 18.3 Å². The summed E-state index contributed by atoms with van der Waals surface area (Å²) < 4.78 is 28.7. The average molecular weight is 607 g/mol. The molecule has 0 unspecified atom stereocenters. The molecule has 2 aromatic carbocycles. The fourth-order valence-electron chi connectivity index (χ4n) is 4.71. The molecular formula is C32H46N4O4Si2. The monoisotopic (exact) mass is 606 g/mol. The highest BCUT2D eigenvalue weighted by Crippen LogP contribution is 2.43. The Morgan fingerprint density at radius 1 is 0.881 bits per heavy atom. The maximum atomic E-state index is 6.97. The lowest BCUT2D eigenvalue weighted by atomic mass is 10.1. The van der Waals surface area contributed by atoms with Crippen molar-refractivity contribution in [2.75, 3.05) is 6.61 Å². The Kier molecular flexibility index (Phi) is 8.17. The van der Waals surface area contributed by atoms with Crippen LogP contribution >= 0.6 is 0 Å². The number of benzene rings is 2. The number of hydrogen-bond acceptors (Lipinski definition) is 7. The predicted octanol–water partition coefficient (Wildman–Crippen LogP) is 8.47. The topological polar surface area (TPSA) is 80.5 Å². The molecule has 1 aliphatic rings. The summed E-state index contributed by atoms with van der Waals surface area (Å²) in [6, 6.07) is 14.1. The third kappa shape index (κ3) is 6.05. The lowest BCUT2D eigenvalue weighted by molar-refractivity contribution is -0.0383. The number of aromatic nitrogens is 4. The Balaban J connectivity index is 1.43. The Morgan fingerprint density at radius 2 is 1.57 bits per heavy atom. The van der Waals surface area contributed by atoms with E-state index in [1.165, 1.54) is 6.33 Å². The molecule has 3 heterocycles. The smallest absolute Gasteiger partial charge is 0.250 e. The van der Waals surface area contributed by atoms with Crippen molar-refractivity contribution in [3.05, 3.63) is 55.1 Å². The van der Waals surface area contributed by atoms with Crippen LogP contribution < -0.4 is 4.74 Å².